The third kappa shape index (κ3) is 3.36. The summed E-state index contributed by atoms with van der Waals surface area (Å²) >= 11 is 3.38. The second-order valence-electron chi connectivity index (χ2n) is 4.58. The molecular formula is C15H14BrNO3. The third-order valence-corrected chi connectivity index (χ3v) is 3.53. The Balaban J connectivity index is 2.16. The normalized spacial score (nSPS) is 10.3. The van der Waals surface area contributed by atoms with Crippen molar-refractivity contribution >= 4 is 21.6 Å². The standard InChI is InChI=1S/C15H14BrNO3/c1-10-8-15(11(2)7-14(10)17(18)19)20-9-12-3-5-13(16)6-4-12/h3-8H,9H2,1-2H3. The van der Waals surface area contributed by atoms with Crippen LogP contribution in [0, 0.1) is 24.0 Å². The zero-order chi connectivity index (χ0) is 14.7. The fourth-order valence-electron chi connectivity index (χ4n) is 1.87. The number of ether oxygens (including phenoxy) is 1. The molecule has 0 saturated heterocycles. The van der Waals surface area contributed by atoms with Gasteiger partial charge in [-0.2, -0.15) is 0 Å². The minimum atomic E-state index is -0.374. The van der Waals surface area contributed by atoms with Gasteiger partial charge in [0.25, 0.3) is 5.69 Å². The van der Waals surface area contributed by atoms with Crippen molar-refractivity contribution in [2.24, 2.45) is 0 Å². The van der Waals surface area contributed by atoms with Crippen LogP contribution in [0.15, 0.2) is 40.9 Å². The molecule has 2 aromatic rings. The molecule has 4 nitrogen and oxygen atoms in total. The largest absolute Gasteiger partial charge is 0.489 e. The summed E-state index contributed by atoms with van der Waals surface area (Å²) in [5.74, 6) is 0.677. The average molecular weight is 336 g/mol. The molecule has 0 aliphatic carbocycles. The Morgan fingerprint density at radius 3 is 2.40 bits per heavy atom. The van der Waals surface area contributed by atoms with Gasteiger partial charge in [0.05, 0.1) is 4.92 Å². The molecule has 0 saturated carbocycles. The summed E-state index contributed by atoms with van der Waals surface area (Å²) in [6, 6.07) is 11.1. The van der Waals surface area contributed by atoms with Crippen molar-refractivity contribution in [3.8, 4) is 5.75 Å². The van der Waals surface area contributed by atoms with E-state index in [1.807, 2.05) is 31.2 Å². The summed E-state index contributed by atoms with van der Waals surface area (Å²) in [5.41, 5.74) is 2.54. The van der Waals surface area contributed by atoms with Gasteiger partial charge in [-0.1, -0.05) is 28.1 Å². The van der Waals surface area contributed by atoms with Gasteiger partial charge in [-0.15, -0.1) is 0 Å². The van der Waals surface area contributed by atoms with Crippen molar-refractivity contribution in [1.29, 1.82) is 0 Å². The van der Waals surface area contributed by atoms with Crippen molar-refractivity contribution in [1.82, 2.24) is 0 Å². The molecule has 0 N–H and O–H groups in total. The van der Waals surface area contributed by atoms with E-state index in [0.29, 0.717) is 17.9 Å². The van der Waals surface area contributed by atoms with Gasteiger partial charge in [0.1, 0.15) is 12.4 Å². The molecule has 0 aromatic heterocycles. The van der Waals surface area contributed by atoms with Crippen molar-refractivity contribution in [3.63, 3.8) is 0 Å². The van der Waals surface area contributed by atoms with Crippen LogP contribution in [0.3, 0.4) is 0 Å². The van der Waals surface area contributed by atoms with E-state index in [1.54, 1.807) is 19.1 Å². The topological polar surface area (TPSA) is 52.4 Å². The zero-order valence-corrected chi connectivity index (χ0v) is 12.8. The first kappa shape index (κ1) is 14.5. The Kier molecular flexibility index (Phi) is 4.39. The minimum absolute atomic E-state index is 0.124. The van der Waals surface area contributed by atoms with Gasteiger partial charge in [-0.25, -0.2) is 0 Å². The molecule has 104 valence electrons. The second kappa shape index (κ2) is 6.05. The van der Waals surface area contributed by atoms with Gasteiger partial charge in [0, 0.05) is 16.1 Å². The predicted molar refractivity (Wildman–Crippen MR) is 81.0 cm³/mol. The molecule has 0 bridgehead atoms. The molecule has 0 unspecified atom stereocenters. The molecule has 20 heavy (non-hydrogen) atoms. The number of aryl methyl sites for hydroxylation is 2. The first-order valence-electron chi connectivity index (χ1n) is 6.10. The lowest BCUT2D eigenvalue weighted by Gasteiger charge is -2.10. The summed E-state index contributed by atoms with van der Waals surface area (Å²) in [6.45, 7) is 3.96. The van der Waals surface area contributed by atoms with Gasteiger partial charge in [0.2, 0.25) is 0 Å². The second-order valence-corrected chi connectivity index (χ2v) is 5.49. The van der Waals surface area contributed by atoms with Crippen LogP contribution >= 0.6 is 15.9 Å². The van der Waals surface area contributed by atoms with Gasteiger partial charge in [-0.3, -0.25) is 10.1 Å². The molecule has 0 aliphatic rings. The molecule has 5 heteroatoms. The maximum Gasteiger partial charge on any atom is 0.272 e. The van der Waals surface area contributed by atoms with Crippen LogP contribution in [-0.4, -0.2) is 4.92 Å². The molecule has 0 aliphatic heterocycles. The van der Waals surface area contributed by atoms with Gasteiger partial charge in [-0.05, 0) is 43.2 Å². The van der Waals surface area contributed by atoms with Gasteiger partial charge < -0.3 is 4.74 Å². The van der Waals surface area contributed by atoms with Crippen LogP contribution in [0.2, 0.25) is 0 Å². The Bertz CT molecular complexity index is 638. The van der Waals surface area contributed by atoms with E-state index in [0.717, 1.165) is 15.6 Å². The molecule has 0 amide bonds. The SMILES string of the molecule is Cc1cc([N+](=O)[O-])c(C)cc1OCc1ccc(Br)cc1. The number of benzene rings is 2. The Morgan fingerprint density at radius 1 is 1.15 bits per heavy atom. The van der Waals surface area contributed by atoms with E-state index in [2.05, 4.69) is 15.9 Å². The van der Waals surface area contributed by atoms with Crippen molar-refractivity contribution in [2.45, 2.75) is 20.5 Å². The lowest BCUT2D eigenvalue weighted by atomic mass is 10.1. The molecule has 0 spiro atoms. The third-order valence-electron chi connectivity index (χ3n) is 3.00. The average Bonchev–Trinajstić information content (AvgIpc) is 2.41. The fourth-order valence-corrected chi connectivity index (χ4v) is 2.13. The van der Waals surface area contributed by atoms with E-state index in [9.17, 15) is 10.1 Å². The molecule has 0 radical (unpaired) electrons. The summed E-state index contributed by atoms with van der Waals surface area (Å²) < 4.78 is 6.76. The maximum atomic E-state index is 10.9. The van der Waals surface area contributed by atoms with E-state index in [1.165, 1.54) is 0 Å². The van der Waals surface area contributed by atoms with E-state index in [4.69, 9.17) is 4.74 Å². The van der Waals surface area contributed by atoms with Crippen molar-refractivity contribution in [2.75, 3.05) is 0 Å². The van der Waals surface area contributed by atoms with Crippen LogP contribution in [0.1, 0.15) is 16.7 Å². The number of hydrogen-bond donors (Lipinski definition) is 0. The van der Waals surface area contributed by atoms with Gasteiger partial charge in [0.15, 0.2) is 0 Å². The van der Waals surface area contributed by atoms with Crippen LogP contribution in [0.5, 0.6) is 5.75 Å². The Morgan fingerprint density at radius 2 is 1.80 bits per heavy atom. The highest BCUT2D eigenvalue weighted by atomic mass is 79.9. The van der Waals surface area contributed by atoms with Crippen molar-refractivity contribution < 1.29 is 9.66 Å². The Labute approximate surface area is 125 Å². The van der Waals surface area contributed by atoms with E-state index < -0.39 is 0 Å². The number of hydrogen-bond acceptors (Lipinski definition) is 3. The highest BCUT2D eigenvalue weighted by molar-refractivity contribution is 9.10. The first-order valence-corrected chi connectivity index (χ1v) is 6.89. The summed E-state index contributed by atoms with van der Waals surface area (Å²) in [7, 11) is 0. The molecule has 0 fully saturated rings. The number of halogens is 1. The van der Waals surface area contributed by atoms with E-state index in [-0.39, 0.29) is 10.6 Å². The summed E-state index contributed by atoms with van der Waals surface area (Å²) in [4.78, 5) is 10.5. The van der Waals surface area contributed by atoms with Crippen LogP contribution in [0.25, 0.3) is 0 Å². The zero-order valence-electron chi connectivity index (χ0n) is 11.2. The van der Waals surface area contributed by atoms with Crippen LogP contribution in [-0.2, 0) is 6.61 Å². The summed E-state index contributed by atoms with van der Waals surface area (Å²) in [5, 5.41) is 10.9. The monoisotopic (exact) mass is 335 g/mol. The highest BCUT2D eigenvalue weighted by Crippen LogP contribution is 2.28. The Hall–Kier alpha value is -1.88. The molecular weight excluding hydrogens is 322 g/mol. The van der Waals surface area contributed by atoms with Crippen molar-refractivity contribution in [3.05, 3.63) is 67.7 Å². The number of rotatable bonds is 4. The lowest BCUT2D eigenvalue weighted by molar-refractivity contribution is -0.385. The number of nitro groups is 1. The molecule has 2 rings (SSSR count). The minimum Gasteiger partial charge on any atom is -0.489 e. The van der Waals surface area contributed by atoms with Gasteiger partial charge >= 0.3 is 0 Å². The maximum absolute atomic E-state index is 10.9. The summed E-state index contributed by atoms with van der Waals surface area (Å²) in [6.07, 6.45) is 0. The first-order chi connectivity index (χ1) is 9.47. The fraction of sp³-hybridized carbons (Fsp3) is 0.200. The van der Waals surface area contributed by atoms with E-state index >= 15 is 0 Å². The predicted octanol–water partition coefficient (Wildman–Crippen LogP) is 4.55. The van der Waals surface area contributed by atoms with Crippen LogP contribution < -0.4 is 4.74 Å². The molecule has 0 atom stereocenters. The molecule has 2 aromatic carbocycles. The number of nitro benzene ring substituents is 1. The highest BCUT2D eigenvalue weighted by Gasteiger charge is 2.14. The number of nitrogens with zero attached hydrogens (tertiary/aromatic N) is 1. The van der Waals surface area contributed by atoms with Crippen LogP contribution in [0.4, 0.5) is 5.69 Å². The smallest absolute Gasteiger partial charge is 0.272 e. The quantitative estimate of drug-likeness (QED) is 0.608. The lowest BCUT2D eigenvalue weighted by Crippen LogP contribution is -1.99. The molecule has 0 heterocycles.